The van der Waals surface area contributed by atoms with Crippen molar-refractivity contribution in [3.8, 4) is 0 Å². The van der Waals surface area contributed by atoms with Crippen molar-refractivity contribution in [1.82, 2.24) is 9.97 Å². The van der Waals surface area contributed by atoms with Crippen LogP contribution in [0.15, 0.2) is 11.7 Å². The van der Waals surface area contributed by atoms with Gasteiger partial charge in [-0.25, -0.2) is 9.97 Å². The summed E-state index contributed by atoms with van der Waals surface area (Å²) in [6.07, 6.45) is 7.43. The van der Waals surface area contributed by atoms with E-state index in [4.69, 9.17) is 11.6 Å². The average Bonchev–Trinajstić information content (AvgIpc) is 2.90. The first-order chi connectivity index (χ1) is 11.2. The van der Waals surface area contributed by atoms with Crippen molar-refractivity contribution in [2.75, 3.05) is 0 Å². The second-order valence-electron chi connectivity index (χ2n) is 8.44. The minimum atomic E-state index is 0.544. The van der Waals surface area contributed by atoms with E-state index in [1.165, 1.54) is 25.7 Å². The normalized spacial score (nSPS) is 21.7. The van der Waals surface area contributed by atoms with Crippen LogP contribution in [0.1, 0.15) is 66.0 Å². The molecule has 0 aliphatic heterocycles. The molecule has 2 nitrogen and oxygen atoms in total. The van der Waals surface area contributed by atoms with Gasteiger partial charge in [0.15, 0.2) is 0 Å². The van der Waals surface area contributed by atoms with E-state index in [-0.39, 0.29) is 0 Å². The van der Waals surface area contributed by atoms with Crippen LogP contribution in [0.2, 0.25) is 5.02 Å². The third kappa shape index (κ3) is 4.92. The standard InChI is InChI=1S/C13H26.C7H5ClN2S/c1-10(2)11-6-8-12(9-7-11)13(3,4)5;1-4-6-5(8)2-11-7(6)10-3-9-4/h10-12H,6-9H2,1-5H3;2-3H,1H3. The van der Waals surface area contributed by atoms with Crippen molar-refractivity contribution < 1.29 is 0 Å². The van der Waals surface area contributed by atoms with Crippen LogP contribution in [-0.2, 0) is 0 Å². The second-order valence-corrected chi connectivity index (χ2v) is 9.71. The van der Waals surface area contributed by atoms with Crippen LogP contribution in [0.5, 0.6) is 0 Å². The van der Waals surface area contributed by atoms with Crippen LogP contribution in [-0.4, -0.2) is 9.97 Å². The Morgan fingerprint density at radius 1 is 1.12 bits per heavy atom. The quantitative estimate of drug-likeness (QED) is 0.535. The molecule has 4 heteroatoms. The largest absolute Gasteiger partial charge is 0.241 e. The second kappa shape index (κ2) is 8.14. The molecule has 134 valence electrons. The van der Waals surface area contributed by atoms with E-state index in [9.17, 15) is 0 Å². The SMILES string of the molecule is CC(C)C1CCC(C(C)(C)C)CC1.Cc1ncnc2scc(Cl)c12. The van der Waals surface area contributed by atoms with Crippen LogP contribution in [0.3, 0.4) is 0 Å². The van der Waals surface area contributed by atoms with E-state index in [1.54, 1.807) is 17.7 Å². The van der Waals surface area contributed by atoms with E-state index >= 15 is 0 Å². The van der Waals surface area contributed by atoms with Crippen LogP contribution in [0.4, 0.5) is 0 Å². The van der Waals surface area contributed by atoms with E-state index in [2.05, 4.69) is 44.6 Å². The van der Waals surface area contributed by atoms with Gasteiger partial charge in [-0.05, 0) is 55.8 Å². The number of rotatable bonds is 1. The van der Waals surface area contributed by atoms with Crippen molar-refractivity contribution in [2.45, 2.75) is 67.2 Å². The van der Waals surface area contributed by atoms with Crippen LogP contribution in [0, 0.1) is 30.1 Å². The molecule has 0 aromatic carbocycles. The van der Waals surface area contributed by atoms with Gasteiger partial charge in [0.05, 0.1) is 16.1 Å². The maximum atomic E-state index is 5.91. The summed E-state index contributed by atoms with van der Waals surface area (Å²) >= 11 is 7.45. The van der Waals surface area contributed by atoms with Gasteiger partial charge in [-0.3, -0.25) is 0 Å². The maximum absolute atomic E-state index is 5.91. The molecule has 0 amide bonds. The van der Waals surface area contributed by atoms with Gasteiger partial charge in [-0.15, -0.1) is 11.3 Å². The van der Waals surface area contributed by atoms with Gasteiger partial charge in [-0.2, -0.15) is 0 Å². The number of aryl methyl sites for hydroxylation is 1. The first-order valence-corrected chi connectivity index (χ1v) is 10.3. The van der Waals surface area contributed by atoms with Gasteiger partial charge >= 0.3 is 0 Å². The van der Waals surface area contributed by atoms with Gasteiger partial charge < -0.3 is 0 Å². The number of fused-ring (bicyclic) bond motifs is 1. The van der Waals surface area contributed by atoms with Gasteiger partial charge in [0.25, 0.3) is 0 Å². The lowest BCUT2D eigenvalue weighted by molar-refractivity contribution is 0.132. The van der Waals surface area contributed by atoms with Crippen LogP contribution >= 0.6 is 22.9 Å². The van der Waals surface area contributed by atoms with Crippen molar-refractivity contribution in [1.29, 1.82) is 0 Å². The highest BCUT2D eigenvalue weighted by molar-refractivity contribution is 7.17. The summed E-state index contributed by atoms with van der Waals surface area (Å²) in [6, 6.07) is 0. The summed E-state index contributed by atoms with van der Waals surface area (Å²) in [5.74, 6) is 2.89. The molecule has 2 aromatic rings. The Balaban J connectivity index is 0.000000175. The Morgan fingerprint density at radius 2 is 1.75 bits per heavy atom. The molecule has 0 spiro atoms. The van der Waals surface area contributed by atoms with Crippen molar-refractivity contribution in [3.63, 3.8) is 0 Å². The molecule has 1 aliphatic carbocycles. The Morgan fingerprint density at radius 3 is 2.25 bits per heavy atom. The summed E-state index contributed by atoms with van der Waals surface area (Å²) < 4.78 is 0. The molecule has 0 bridgehead atoms. The van der Waals surface area contributed by atoms with Gasteiger partial charge in [-0.1, -0.05) is 46.2 Å². The predicted octanol–water partition coefficient (Wildman–Crippen LogP) is 7.15. The summed E-state index contributed by atoms with van der Waals surface area (Å²) in [7, 11) is 0. The fraction of sp³-hybridized carbons (Fsp3) is 0.700. The molecule has 0 radical (unpaired) electrons. The minimum Gasteiger partial charge on any atom is -0.241 e. The lowest BCUT2D eigenvalue weighted by Gasteiger charge is -2.38. The lowest BCUT2D eigenvalue weighted by Crippen LogP contribution is -2.27. The molecule has 1 saturated carbocycles. The van der Waals surface area contributed by atoms with Crippen molar-refractivity contribution in [2.24, 2.45) is 23.2 Å². The topological polar surface area (TPSA) is 25.8 Å². The number of aromatic nitrogens is 2. The van der Waals surface area contributed by atoms with Crippen molar-refractivity contribution >= 4 is 33.2 Å². The Kier molecular flexibility index (Phi) is 6.66. The molecule has 1 fully saturated rings. The summed E-state index contributed by atoms with van der Waals surface area (Å²) in [5, 5.41) is 3.62. The van der Waals surface area contributed by atoms with E-state index in [1.807, 2.05) is 12.3 Å². The van der Waals surface area contributed by atoms with Crippen molar-refractivity contribution in [3.05, 3.63) is 22.4 Å². The zero-order valence-corrected chi connectivity index (χ0v) is 17.5. The maximum Gasteiger partial charge on any atom is 0.128 e. The highest BCUT2D eigenvalue weighted by Crippen LogP contribution is 2.41. The molecule has 0 saturated heterocycles. The first-order valence-electron chi connectivity index (χ1n) is 9.04. The molecule has 2 aromatic heterocycles. The number of hydrogen-bond acceptors (Lipinski definition) is 3. The number of halogens is 1. The predicted molar refractivity (Wildman–Crippen MR) is 107 cm³/mol. The summed E-state index contributed by atoms with van der Waals surface area (Å²) in [6.45, 7) is 13.9. The molecule has 0 atom stereocenters. The molecule has 3 rings (SSSR count). The molecule has 0 unspecified atom stereocenters. The number of nitrogens with zero attached hydrogens (tertiary/aromatic N) is 2. The zero-order valence-electron chi connectivity index (χ0n) is 15.9. The Labute approximate surface area is 156 Å². The van der Waals surface area contributed by atoms with E-state index in [0.717, 1.165) is 38.7 Å². The van der Waals surface area contributed by atoms with Crippen LogP contribution in [0.25, 0.3) is 10.2 Å². The Bertz CT molecular complexity index is 649. The average molecular weight is 367 g/mol. The monoisotopic (exact) mass is 366 g/mol. The van der Waals surface area contributed by atoms with Gasteiger partial charge in [0, 0.05) is 5.38 Å². The zero-order chi connectivity index (χ0) is 17.9. The lowest BCUT2D eigenvalue weighted by atomic mass is 9.68. The smallest absolute Gasteiger partial charge is 0.128 e. The third-order valence-corrected chi connectivity index (χ3v) is 6.77. The fourth-order valence-electron chi connectivity index (χ4n) is 3.63. The summed E-state index contributed by atoms with van der Waals surface area (Å²) in [5.41, 5.74) is 1.49. The third-order valence-electron chi connectivity index (χ3n) is 5.45. The minimum absolute atomic E-state index is 0.544. The Hall–Kier alpha value is -0.670. The molecule has 24 heavy (non-hydrogen) atoms. The molecule has 1 aliphatic rings. The summed E-state index contributed by atoms with van der Waals surface area (Å²) in [4.78, 5) is 9.10. The van der Waals surface area contributed by atoms with Crippen LogP contribution < -0.4 is 0 Å². The molecule has 2 heterocycles. The molecular formula is C20H31ClN2S. The number of hydrogen-bond donors (Lipinski definition) is 0. The number of thiophene rings is 1. The highest BCUT2D eigenvalue weighted by Gasteiger charge is 2.30. The van der Waals surface area contributed by atoms with Gasteiger partial charge in [0.2, 0.25) is 0 Å². The fourth-order valence-corrected chi connectivity index (χ4v) is 4.87. The molecular weight excluding hydrogens is 336 g/mol. The van der Waals surface area contributed by atoms with Gasteiger partial charge in [0.1, 0.15) is 11.2 Å². The highest BCUT2D eigenvalue weighted by atomic mass is 35.5. The first kappa shape index (κ1) is 19.7. The molecule has 0 N–H and O–H groups in total. The van der Waals surface area contributed by atoms with E-state index < -0.39 is 0 Å². The van der Waals surface area contributed by atoms with E-state index in [0.29, 0.717) is 5.41 Å².